The van der Waals surface area contributed by atoms with Crippen LogP contribution in [-0.2, 0) is 20.9 Å². The van der Waals surface area contributed by atoms with E-state index in [1.54, 1.807) is 11.3 Å². The largest absolute Gasteiger partial charge is 0.391 e. The van der Waals surface area contributed by atoms with Crippen molar-refractivity contribution in [2.24, 2.45) is 11.1 Å². The highest BCUT2D eigenvalue weighted by Crippen LogP contribution is 2.28. The number of aliphatic hydroxyl groups is 1. The normalized spacial score (nSPS) is 18.3. The van der Waals surface area contributed by atoms with Gasteiger partial charge in [-0.15, -0.1) is 11.3 Å². The molecule has 208 valence electrons. The lowest BCUT2D eigenvalue weighted by atomic mass is 9.85. The van der Waals surface area contributed by atoms with Crippen LogP contribution in [0.3, 0.4) is 0 Å². The minimum Gasteiger partial charge on any atom is -0.391 e. The van der Waals surface area contributed by atoms with Crippen LogP contribution >= 0.6 is 11.3 Å². The quantitative estimate of drug-likeness (QED) is 0.322. The fourth-order valence-corrected chi connectivity index (χ4v) is 5.43. The van der Waals surface area contributed by atoms with Gasteiger partial charge in [0.15, 0.2) is 0 Å². The lowest BCUT2D eigenvalue weighted by molar-refractivity contribution is -0.144. The standard InChI is InChI=1S/C28H41N5O4S/c1-18-24(38-17-31-18)20-11-9-19(10-12-20)15-30-26(36)22-14-21(34)16-33(22)27(37)25(28(2,3)4)32-23(35)8-6-5-7-13-29/h9-12,17,21-22,25,34H,5-8,13-16,29H2,1-4H3,(H,30,36)(H,32,35)/t21-,22?,25?/m1/s1. The average Bonchev–Trinajstić information content (AvgIpc) is 3.48. The summed E-state index contributed by atoms with van der Waals surface area (Å²) in [4.78, 5) is 46.2. The van der Waals surface area contributed by atoms with Crippen molar-refractivity contribution < 1.29 is 19.5 Å². The number of carbonyl (C=O) groups is 3. The summed E-state index contributed by atoms with van der Waals surface area (Å²) in [5, 5.41) is 16.2. The number of aryl methyl sites for hydroxylation is 1. The molecule has 0 aliphatic carbocycles. The van der Waals surface area contributed by atoms with E-state index in [0.717, 1.165) is 34.5 Å². The Morgan fingerprint density at radius 2 is 1.89 bits per heavy atom. The fraction of sp³-hybridized carbons (Fsp3) is 0.571. The number of hydrogen-bond acceptors (Lipinski definition) is 7. The molecule has 3 amide bonds. The Morgan fingerprint density at radius 1 is 1.18 bits per heavy atom. The van der Waals surface area contributed by atoms with E-state index in [4.69, 9.17) is 5.73 Å². The maximum absolute atomic E-state index is 13.6. The van der Waals surface area contributed by atoms with Gasteiger partial charge in [0.25, 0.3) is 0 Å². The van der Waals surface area contributed by atoms with Gasteiger partial charge in [-0.2, -0.15) is 0 Å². The zero-order valence-electron chi connectivity index (χ0n) is 22.8. The minimum absolute atomic E-state index is 0.0543. The fourth-order valence-electron chi connectivity index (χ4n) is 4.62. The number of carbonyl (C=O) groups excluding carboxylic acids is 3. The molecule has 3 rings (SSSR count). The first-order chi connectivity index (χ1) is 18.0. The first-order valence-corrected chi connectivity index (χ1v) is 14.1. The van der Waals surface area contributed by atoms with Gasteiger partial charge < -0.3 is 26.4 Å². The smallest absolute Gasteiger partial charge is 0.246 e. The van der Waals surface area contributed by atoms with Gasteiger partial charge in [0.1, 0.15) is 12.1 Å². The Balaban J connectivity index is 1.63. The average molecular weight is 544 g/mol. The Morgan fingerprint density at radius 3 is 2.50 bits per heavy atom. The predicted octanol–water partition coefficient (Wildman–Crippen LogP) is 2.75. The maximum Gasteiger partial charge on any atom is 0.246 e. The van der Waals surface area contributed by atoms with Crippen molar-refractivity contribution in [1.29, 1.82) is 0 Å². The van der Waals surface area contributed by atoms with Crippen LogP contribution in [-0.4, -0.2) is 64.0 Å². The molecule has 0 saturated carbocycles. The number of aromatic nitrogens is 1. The minimum atomic E-state index is -0.812. The zero-order chi connectivity index (χ0) is 27.9. The molecule has 0 spiro atoms. The van der Waals surface area contributed by atoms with Gasteiger partial charge in [-0.05, 0) is 42.9 Å². The van der Waals surface area contributed by atoms with Crippen molar-refractivity contribution in [2.45, 2.75) is 84.5 Å². The third-order valence-electron chi connectivity index (χ3n) is 6.82. The van der Waals surface area contributed by atoms with Gasteiger partial charge in [0.2, 0.25) is 17.7 Å². The van der Waals surface area contributed by atoms with Crippen LogP contribution in [0.2, 0.25) is 0 Å². The lowest BCUT2D eigenvalue weighted by Crippen LogP contribution is -2.57. The Labute approximate surface area is 229 Å². The maximum atomic E-state index is 13.6. The van der Waals surface area contributed by atoms with E-state index in [1.165, 1.54) is 4.90 Å². The first kappa shape index (κ1) is 29.7. The molecule has 9 nitrogen and oxygen atoms in total. The van der Waals surface area contributed by atoms with Crippen molar-refractivity contribution >= 4 is 29.1 Å². The molecule has 1 aromatic heterocycles. The Hall–Kier alpha value is -2.82. The van der Waals surface area contributed by atoms with Crippen LogP contribution in [0, 0.1) is 12.3 Å². The summed E-state index contributed by atoms with van der Waals surface area (Å²) in [7, 11) is 0. The van der Waals surface area contributed by atoms with Crippen LogP contribution in [0.1, 0.15) is 64.1 Å². The molecule has 1 saturated heterocycles. The lowest BCUT2D eigenvalue weighted by Gasteiger charge is -2.35. The number of β-amino-alcohol motifs (C(OH)–C–C–N with tert-alkyl or cyclic N) is 1. The molecule has 5 N–H and O–H groups in total. The van der Waals surface area contributed by atoms with Crippen molar-refractivity contribution in [3.05, 3.63) is 41.0 Å². The van der Waals surface area contributed by atoms with E-state index < -0.39 is 23.6 Å². The van der Waals surface area contributed by atoms with Crippen LogP contribution in [0.5, 0.6) is 0 Å². The van der Waals surface area contributed by atoms with Crippen molar-refractivity contribution in [1.82, 2.24) is 20.5 Å². The topological polar surface area (TPSA) is 138 Å². The monoisotopic (exact) mass is 543 g/mol. The van der Waals surface area contributed by atoms with E-state index in [9.17, 15) is 19.5 Å². The van der Waals surface area contributed by atoms with E-state index in [1.807, 2.05) is 57.5 Å². The molecule has 1 aliphatic rings. The molecule has 1 aliphatic heterocycles. The molecule has 10 heteroatoms. The van der Waals surface area contributed by atoms with Crippen LogP contribution in [0.15, 0.2) is 29.8 Å². The van der Waals surface area contributed by atoms with E-state index in [2.05, 4.69) is 15.6 Å². The number of nitrogens with zero attached hydrogens (tertiary/aromatic N) is 2. The highest BCUT2D eigenvalue weighted by Gasteiger charge is 2.44. The van der Waals surface area contributed by atoms with Gasteiger partial charge in [-0.1, -0.05) is 51.5 Å². The van der Waals surface area contributed by atoms with Gasteiger partial charge in [-0.25, -0.2) is 4.98 Å². The number of thiazole rings is 1. The number of likely N-dealkylation sites (tertiary alicyclic amines) is 1. The summed E-state index contributed by atoms with van der Waals surface area (Å²) in [6.07, 6.45) is 2.08. The molecule has 1 fully saturated rings. The number of hydrogen-bond donors (Lipinski definition) is 4. The molecule has 2 heterocycles. The number of benzene rings is 1. The highest BCUT2D eigenvalue weighted by molar-refractivity contribution is 7.13. The molecule has 38 heavy (non-hydrogen) atoms. The molecule has 3 atom stereocenters. The van der Waals surface area contributed by atoms with Crippen LogP contribution in [0.25, 0.3) is 10.4 Å². The second kappa shape index (κ2) is 13.3. The third kappa shape index (κ3) is 7.85. The molecule has 0 bridgehead atoms. The Bertz CT molecular complexity index is 1100. The number of nitrogens with two attached hydrogens (primary N) is 1. The molecule has 0 radical (unpaired) electrons. The highest BCUT2D eigenvalue weighted by atomic mass is 32.1. The van der Waals surface area contributed by atoms with Crippen molar-refractivity contribution in [2.75, 3.05) is 13.1 Å². The molecular formula is C28H41N5O4S. The number of nitrogens with one attached hydrogen (secondary N) is 2. The Kier molecular flexibility index (Phi) is 10.4. The summed E-state index contributed by atoms with van der Waals surface area (Å²) in [6.45, 7) is 8.55. The van der Waals surface area contributed by atoms with Gasteiger partial charge in [-0.3, -0.25) is 14.4 Å². The summed E-state index contributed by atoms with van der Waals surface area (Å²) >= 11 is 1.59. The second-order valence-electron chi connectivity index (χ2n) is 11.0. The van der Waals surface area contributed by atoms with Crippen molar-refractivity contribution in [3.8, 4) is 10.4 Å². The van der Waals surface area contributed by atoms with E-state index in [-0.39, 0.29) is 30.7 Å². The SMILES string of the molecule is Cc1ncsc1-c1ccc(CNC(=O)C2C[C@@H](O)CN2C(=O)C(NC(=O)CCCCCN)C(C)(C)C)cc1. The summed E-state index contributed by atoms with van der Waals surface area (Å²) < 4.78 is 0. The number of rotatable bonds is 11. The van der Waals surface area contributed by atoms with Crippen LogP contribution in [0.4, 0.5) is 0 Å². The van der Waals surface area contributed by atoms with E-state index in [0.29, 0.717) is 25.9 Å². The van der Waals surface area contributed by atoms with Gasteiger partial charge in [0.05, 0.1) is 22.2 Å². The number of aliphatic hydroxyl groups excluding tert-OH is 1. The summed E-state index contributed by atoms with van der Waals surface area (Å²) in [5.74, 6) is -0.875. The third-order valence-corrected chi connectivity index (χ3v) is 7.80. The molecule has 2 unspecified atom stereocenters. The summed E-state index contributed by atoms with van der Waals surface area (Å²) in [6, 6.07) is 6.31. The molecule has 2 aromatic rings. The molecule has 1 aromatic carbocycles. The summed E-state index contributed by atoms with van der Waals surface area (Å²) in [5.41, 5.74) is 9.75. The van der Waals surface area contributed by atoms with Crippen LogP contribution < -0.4 is 16.4 Å². The van der Waals surface area contributed by atoms with Gasteiger partial charge >= 0.3 is 0 Å². The van der Waals surface area contributed by atoms with Crippen molar-refractivity contribution in [3.63, 3.8) is 0 Å². The first-order valence-electron chi connectivity index (χ1n) is 13.3. The van der Waals surface area contributed by atoms with E-state index >= 15 is 0 Å². The molecular weight excluding hydrogens is 502 g/mol. The number of amides is 3. The van der Waals surface area contributed by atoms with Gasteiger partial charge in [0, 0.05) is 25.9 Å². The number of unbranched alkanes of at least 4 members (excludes halogenated alkanes) is 2. The second-order valence-corrected chi connectivity index (χ2v) is 11.9. The zero-order valence-corrected chi connectivity index (χ0v) is 23.6. The predicted molar refractivity (Wildman–Crippen MR) is 149 cm³/mol.